The monoisotopic (exact) mass is 273 g/mol. The summed E-state index contributed by atoms with van der Waals surface area (Å²) in [4.78, 5) is 25.5. The van der Waals surface area contributed by atoms with Gasteiger partial charge in [0.25, 0.3) is 0 Å². The second-order valence-corrected chi connectivity index (χ2v) is 5.62. The molecule has 1 aromatic carbocycles. The normalized spacial score (nSPS) is 27.6. The quantitative estimate of drug-likeness (QED) is 0.625. The fourth-order valence-electron chi connectivity index (χ4n) is 3.27. The highest BCUT2D eigenvalue weighted by molar-refractivity contribution is 5.95. The van der Waals surface area contributed by atoms with Crippen LogP contribution in [0.1, 0.15) is 31.2 Å². The van der Waals surface area contributed by atoms with Gasteiger partial charge in [0.05, 0.1) is 12.3 Å². The predicted octanol–water partition coefficient (Wildman–Crippen LogP) is 2.13. The van der Waals surface area contributed by atoms with E-state index < -0.39 is 0 Å². The molecule has 0 amide bonds. The molecule has 106 valence electrons. The number of piperidine rings is 1. The third-order valence-corrected chi connectivity index (χ3v) is 4.26. The molecular weight excluding hydrogens is 254 g/mol. The minimum absolute atomic E-state index is 0.142. The van der Waals surface area contributed by atoms with Crippen molar-refractivity contribution in [3.63, 3.8) is 0 Å². The third-order valence-electron chi connectivity index (χ3n) is 4.26. The summed E-state index contributed by atoms with van der Waals surface area (Å²) in [7, 11) is 0. The number of hydrogen-bond acceptors (Lipinski definition) is 4. The van der Waals surface area contributed by atoms with E-state index in [0.717, 1.165) is 32.4 Å². The molecule has 2 fully saturated rings. The van der Waals surface area contributed by atoms with Gasteiger partial charge < -0.3 is 4.74 Å². The maximum atomic E-state index is 11.8. The van der Waals surface area contributed by atoms with Crippen molar-refractivity contribution in [3.05, 3.63) is 35.9 Å². The zero-order valence-electron chi connectivity index (χ0n) is 11.5. The molecule has 0 bridgehead atoms. The van der Waals surface area contributed by atoms with E-state index in [0.29, 0.717) is 0 Å². The molecule has 2 unspecified atom stereocenters. The minimum atomic E-state index is -0.370. The van der Waals surface area contributed by atoms with Crippen molar-refractivity contribution in [2.75, 3.05) is 6.54 Å². The van der Waals surface area contributed by atoms with Gasteiger partial charge >= 0.3 is 11.9 Å². The molecule has 2 aliphatic heterocycles. The zero-order valence-corrected chi connectivity index (χ0v) is 11.5. The molecule has 0 spiro atoms. The molecule has 0 radical (unpaired) electrons. The number of carbonyl (C=O) groups is 2. The highest BCUT2D eigenvalue weighted by atomic mass is 16.6. The maximum absolute atomic E-state index is 11.8. The predicted molar refractivity (Wildman–Crippen MR) is 73.7 cm³/mol. The summed E-state index contributed by atoms with van der Waals surface area (Å²) in [6.07, 6.45) is 3.49. The van der Waals surface area contributed by atoms with Crippen LogP contribution in [-0.4, -0.2) is 29.4 Å². The van der Waals surface area contributed by atoms with Gasteiger partial charge in [0.1, 0.15) is 0 Å². The van der Waals surface area contributed by atoms with Crippen LogP contribution in [0.25, 0.3) is 0 Å². The van der Waals surface area contributed by atoms with E-state index in [1.165, 1.54) is 5.56 Å². The highest BCUT2D eigenvalue weighted by Gasteiger charge is 2.42. The van der Waals surface area contributed by atoms with Crippen molar-refractivity contribution in [3.8, 4) is 0 Å². The van der Waals surface area contributed by atoms with Crippen LogP contribution in [0, 0.1) is 5.92 Å². The first-order valence-electron chi connectivity index (χ1n) is 7.26. The fraction of sp³-hybridized carbons (Fsp3) is 0.500. The Bertz CT molecular complexity index is 500. The summed E-state index contributed by atoms with van der Waals surface area (Å²) in [6, 6.07) is 10.4. The van der Waals surface area contributed by atoms with E-state index >= 15 is 0 Å². The lowest BCUT2D eigenvalue weighted by molar-refractivity contribution is -0.153. The van der Waals surface area contributed by atoms with Crippen molar-refractivity contribution in [1.82, 2.24) is 4.90 Å². The average Bonchev–Trinajstić information content (AvgIpc) is 2.79. The molecule has 2 saturated heterocycles. The van der Waals surface area contributed by atoms with Crippen LogP contribution in [0.4, 0.5) is 0 Å². The zero-order chi connectivity index (χ0) is 13.9. The number of hydrogen-bond donors (Lipinski definition) is 0. The van der Waals surface area contributed by atoms with E-state index in [9.17, 15) is 9.59 Å². The molecule has 0 aromatic heterocycles. The van der Waals surface area contributed by atoms with Gasteiger partial charge in [-0.2, -0.15) is 0 Å². The van der Waals surface area contributed by atoms with Crippen molar-refractivity contribution in [2.24, 2.45) is 5.92 Å². The Hall–Kier alpha value is -1.68. The second kappa shape index (κ2) is 5.75. The van der Waals surface area contributed by atoms with Gasteiger partial charge in [0.2, 0.25) is 0 Å². The number of esters is 2. The van der Waals surface area contributed by atoms with Gasteiger partial charge in [-0.15, -0.1) is 0 Å². The molecule has 3 rings (SSSR count). The average molecular weight is 273 g/mol. The summed E-state index contributed by atoms with van der Waals surface area (Å²) in [6.45, 7) is 1.82. The number of benzene rings is 1. The molecule has 0 N–H and O–H groups in total. The van der Waals surface area contributed by atoms with Crippen LogP contribution >= 0.6 is 0 Å². The van der Waals surface area contributed by atoms with Crippen LogP contribution in [0.2, 0.25) is 0 Å². The summed E-state index contributed by atoms with van der Waals surface area (Å²) in [5.74, 6) is -0.975. The largest absolute Gasteiger partial charge is 0.393 e. The molecule has 2 atom stereocenters. The lowest BCUT2D eigenvalue weighted by Gasteiger charge is -2.37. The Morgan fingerprint density at radius 2 is 1.95 bits per heavy atom. The van der Waals surface area contributed by atoms with E-state index in [4.69, 9.17) is 4.74 Å². The van der Waals surface area contributed by atoms with Crippen molar-refractivity contribution >= 4 is 11.9 Å². The Kier molecular flexibility index (Phi) is 3.83. The first-order chi connectivity index (χ1) is 9.74. The molecule has 0 saturated carbocycles. The summed E-state index contributed by atoms with van der Waals surface area (Å²) in [5.41, 5.74) is 1.25. The van der Waals surface area contributed by atoms with Crippen LogP contribution in [0.15, 0.2) is 30.3 Å². The Labute approximate surface area is 118 Å². The topological polar surface area (TPSA) is 46.6 Å². The smallest absolute Gasteiger partial charge is 0.318 e. The highest BCUT2D eigenvalue weighted by Crippen LogP contribution is 2.31. The lowest BCUT2D eigenvalue weighted by atomic mass is 9.89. The van der Waals surface area contributed by atoms with E-state index in [1.807, 2.05) is 18.2 Å². The van der Waals surface area contributed by atoms with Crippen molar-refractivity contribution < 1.29 is 14.3 Å². The van der Waals surface area contributed by atoms with Crippen LogP contribution < -0.4 is 0 Å². The van der Waals surface area contributed by atoms with Crippen molar-refractivity contribution in [1.29, 1.82) is 0 Å². The maximum Gasteiger partial charge on any atom is 0.318 e. The molecule has 20 heavy (non-hydrogen) atoms. The van der Waals surface area contributed by atoms with Crippen LogP contribution in [-0.2, 0) is 20.9 Å². The SMILES string of the molecule is O=C1CC(C2CCCCN2Cc2ccccc2)C(=O)O1. The van der Waals surface area contributed by atoms with Gasteiger partial charge in [0.15, 0.2) is 0 Å². The van der Waals surface area contributed by atoms with Gasteiger partial charge in [0, 0.05) is 12.6 Å². The Balaban J connectivity index is 1.74. The number of cyclic esters (lactones) is 2. The van der Waals surface area contributed by atoms with Gasteiger partial charge in [-0.05, 0) is 24.9 Å². The fourth-order valence-corrected chi connectivity index (χ4v) is 3.27. The first kappa shape index (κ1) is 13.3. The molecule has 0 aliphatic carbocycles. The van der Waals surface area contributed by atoms with Gasteiger partial charge in [-0.3, -0.25) is 14.5 Å². The Morgan fingerprint density at radius 1 is 1.15 bits per heavy atom. The molecule has 1 aromatic rings. The van der Waals surface area contributed by atoms with Gasteiger partial charge in [-0.25, -0.2) is 0 Å². The van der Waals surface area contributed by atoms with E-state index in [1.54, 1.807) is 0 Å². The molecule has 4 nitrogen and oxygen atoms in total. The number of ether oxygens (including phenoxy) is 1. The van der Waals surface area contributed by atoms with Crippen molar-refractivity contribution in [2.45, 2.75) is 38.3 Å². The number of rotatable bonds is 3. The summed E-state index contributed by atoms with van der Waals surface area (Å²) < 4.78 is 4.72. The molecular formula is C16H19NO3. The Morgan fingerprint density at radius 3 is 2.65 bits per heavy atom. The standard InChI is InChI=1S/C16H19NO3/c18-15-10-13(16(19)20-15)14-8-4-5-9-17(14)11-12-6-2-1-3-7-12/h1-3,6-7,13-14H,4-5,8-11H2. The minimum Gasteiger partial charge on any atom is -0.393 e. The third kappa shape index (κ3) is 2.75. The first-order valence-corrected chi connectivity index (χ1v) is 7.26. The molecule has 2 aliphatic rings. The van der Waals surface area contributed by atoms with E-state index in [-0.39, 0.29) is 30.3 Å². The van der Waals surface area contributed by atoms with E-state index in [2.05, 4.69) is 17.0 Å². The molecule has 2 heterocycles. The van der Waals surface area contributed by atoms with Crippen LogP contribution in [0.5, 0.6) is 0 Å². The second-order valence-electron chi connectivity index (χ2n) is 5.62. The lowest BCUT2D eigenvalue weighted by Crippen LogP contribution is -2.45. The summed E-state index contributed by atoms with van der Waals surface area (Å²) >= 11 is 0. The summed E-state index contributed by atoms with van der Waals surface area (Å²) in [5, 5.41) is 0. The number of nitrogens with zero attached hydrogens (tertiary/aromatic N) is 1. The number of carbonyl (C=O) groups excluding carboxylic acids is 2. The van der Waals surface area contributed by atoms with Gasteiger partial charge in [-0.1, -0.05) is 36.8 Å². The molecule has 4 heteroatoms. The van der Waals surface area contributed by atoms with Crippen LogP contribution in [0.3, 0.4) is 0 Å². The number of likely N-dealkylation sites (tertiary alicyclic amines) is 1.